The average Bonchev–Trinajstić information content (AvgIpc) is 2.66. The number of piperidine rings is 1. The van der Waals surface area contributed by atoms with Crippen molar-refractivity contribution in [2.75, 3.05) is 13.1 Å². The quantitative estimate of drug-likeness (QED) is 0.830. The van der Waals surface area contributed by atoms with Crippen LogP contribution >= 0.6 is 0 Å². The number of rotatable bonds is 2. The second-order valence-electron chi connectivity index (χ2n) is 5.69. The van der Waals surface area contributed by atoms with Crippen LogP contribution in [-0.4, -0.2) is 18.1 Å². The van der Waals surface area contributed by atoms with Crippen LogP contribution < -0.4 is 5.32 Å². The Hall–Kier alpha value is -1.28. The van der Waals surface area contributed by atoms with Crippen molar-refractivity contribution in [2.24, 2.45) is 5.92 Å². The van der Waals surface area contributed by atoms with Gasteiger partial charge in [-0.1, -0.05) is 12.1 Å². The summed E-state index contributed by atoms with van der Waals surface area (Å²) >= 11 is 0. The van der Waals surface area contributed by atoms with Crippen LogP contribution in [0.3, 0.4) is 0 Å². The minimum atomic E-state index is 0.803. The van der Waals surface area contributed by atoms with Gasteiger partial charge in [-0.3, -0.25) is 0 Å². The van der Waals surface area contributed by atoms with Gasteiger partial charge in [0.25, 0.3) is 0 Å². The summed E-state index contributed by atoms with van der Waals surface area (Å²) in [6, 6.07) is 6.75. The first kappa shape index (κ1) is 11.8. The Labute approximate surface area is 109 Å². The molecule has 2 nitrogen and oxygen atoms in total. The number of fused-ring (bicyclic) bond motifs is 1. The zero-order valence-electron chi connectivity index (χ0n) is 11.3. The van der Waals surface area contributed by atoms with Gasteiger partial charge in [0.2, 0.25) is 0 Å². The summed E-state index contributed by atoms with van der Waals surface area (Å²) in [5.74, 6) is 0.803. The molecule has 1 aromatic carbocycles. The summed E-state index contributed by atoms with van der Waals surface area (Å²) in [4.78, 5) is 3.54. The monoisotopic (exact) mass is 242 g/mol. The molecular weight excluding hydrogens is 220 g/mol. The standard InChI is InChI=1S/C16H22N2/c1-11-5-6-14-15(12(2)18-16(14)8-11)9-13-4-3-7-17-10-13/h5-6,8,13,17-18H,3-4,7,9-10H2,1-2H3. The van der Waals surface area contributed by atoms with Gasteiger partial charge in [0.05, 0.1) is 0 Å². The van der Waals surface area contributed by atoms with Crippen molar-refractivity contribution in [1.82, 2.24) is 10.3 Å². The second kappa shape index (κ2) is 4.77. The fourth-order valence-electron chi connectivity index (χ4n) is 3.15. The number of H-pyrrole nitrogens is 1. The first-order valence-corrected chi connectivity index (χ1v) is 7.02. The lowest BCUT2D eigenvalue weighted by molar-refractivity contribution is 0.376. The smallest absolute Gasteiger partial charge is 0.0461 e. The van der Waals surface area contributed by atoms with E-state index in [-0.39, 0.29) is 0 Å². The predicted octanol–water partition coefficient (Wildman–Crippen LogP) is 3.33. The summed E-state index contributed by atoms with van der Waals surface area (Å²) in [5.41, 5.74) is 5.50. The van der Waals surface area contributed by atoms with Crippen LogP contribution in [0.15, 0.2) is 18.2 Å². The van der Waals surface area contributed by atoms with Gasteiger partial charge < -0.3 is 10.3 Å². The lowest BCUT2D eigenvalue weighted by atomic mass is 9.91. The van der Waals surface area contributed by atoms with Crippen LogP contribution in [0.5, 0.6) is 0 Å². The van der Waals surface area contributed by atoms with E-state index in [0.717, 1.165) is 5.92 Å². The number of aromatic amines is 1. The van der Waals surface area contributed by atoms with Crippen LogP contribution in [0, 0.1) is 19.8 Å². The first-order chi connectivity index (χ1) is 8.74. The molecule has 1 atom stereocenters. The molecular formula is C16H22N2. The molecule has 0 amide bonds. The number of benzene rings is 1. The molecule has 96 valence electrons. The Bertz CT molecular complexity index is 547. The van der Waals surface area contributed by atoms with Gasteiger partial charge in [0.15, 0.2) is 0 Å². The highest BCUT2D eigenvalue weighted by Gasteiger charge is 2.17. The van der Waals surface area contributed by atoms with Crippen molar-refractivity contribution >= 4 is 10.9 Å². The molecule has 0 bridgehead atoms. The van der Waals surface area contributed by atoms with Crippen LogP contribution in [-0.2, 0) is 6.42 Å². The third kappa shape index (κ3) is 2.17. The largest absolute Gasteiger partial charge is 0.358 e. The lowest BCUT2D eigenvalue weighted by Gasteiger charge is -2.22. The molecule has 1 fully saturated rings. The van der Waals surface area contributed by atoms with E-state index in [1.54, 1.807) is 0 Å². The zero-order valence-corrected chi connectivity index (χ0v) is 11.3. The Morgan fingerprint density at radius 2 is 2.17 bits per heavy atom. The van der Waals surface area contributed by atoms with E-state index in [1.165, 1.54) is 60.1 Å². The summed E-state index contributed by atoms with van der Waals surface area (Å²) in [7, 11) is 0. The van der Waals surface area contributed by atoms with E-state index in [0.29, 0.717) is 0 Å². The van der Waals surface area contributed by atoms with E-state index >= 15 is 0 Å². The van der Waals surface area contributed by atoms with Gasteiger partial charge in [0, 0.05) is 16.6 Å². The zero-order chi connectivity index (χ0) is 12.5. The minimum absolute atomic E-state index is 0.803. The molecule has 2 heteroatoms. The number of aromatic nitrogens is 1. The molecule has 18 heavy (non-hydrogen) atoms. The van der Waals surface area contributed by atoms with Gasteiger partial charge in [-0.15, -0.1) is 0 Å². The number of hydrogen-bond donors (Lipinski definition) is 2. The predicted molar refractivity (Wildman–Crippen MR) is 77.1 cm³/mol. The first-order valence-electron chi connectivity index (χ1n) is 7.02. The summed E-state index contributed by atoms with van der Waals surface area (Å²) in [5, 5.41) is 4.93. The molecule has 3 rings (SSSR count). The summed E-state index contributed by atoms with van der Waals surface area (Å²) in [6.45, 7) is 6.74. The van der Waals surface area contributed by atoms with Crippen LogP contribution in [0.4, 0.5) is 0 Å². The highest BCUT2D eigenvalue weighted by molar-refractivity contribution is 5.85. The SMILES string of the molecule is Cc1ccc2c(CC3CCCNC3)c(C)[nH]c2c1. The van der Waals surface area contributed by atoms with Crippen LogP contribution in [0.2, 0.25) is 0 Å². The van der Waals surface area contributed by atoms with Crippen molar-refractivity contribution in [2.45, 2.75) is 33.1 Å². The Balaban J connectivity index is 1.92. The molecule has 2 heterocycles. The average molecular weight is 242 g/mol. The minimum Gasteiger partial charge on any atom is -0.358 e. The Morgan fingerprint density at radius 3 is 2.94 bits per heavy atom. The van der Waals surface area contributed by atoms with Gasteiger partial charge in [-0.25, -0.2) is 0 Å². The Morgan fingerprint density at radius 1 is 1.28 bits per heavy atom. The van der Waals surface area contributed by atoms with Gasteiger partial charge in [-0.2, -0.15) is 0 Å². The van der Waals surface area contributed by atoms with E-state index in [4.69, 9.17) is 0 Å². The van der Waals surface area contributed by atoms with Crippen LogP contribution in [0.1, 0.15) is 29.7 Å². The molecule has 0 spiro atoms. The van der Waals surface area contributed by atoms with Crippen molar-refractivity contribution in [3.05, 3.63) is 35.0 Å². The second-order valence-corrected chi connectivity index (χ2v) is 5.69. The maximum Gasteiger partial charge on any atom is 0.0461 e. The molecule has 2 N–H and O–H groups in total. The fraction of sp³-hybridized carbons (Fsp3) is 0.500. The van der Waals surface area contributed by atoms with Crippen molar-refractivity contribution in [3.8, 4) is 0 Å². The highest BCUT2D eigenvalue weighted by atomic mass is 14.9. The van der Waals surface area contributed by atoms with Gasteiger partial charge in [0.1, 0.15) is 0 Å². The van der Waals surface area contributed by atoms with Crippen molar-refractivity contribution < 1.29 is 0 Å². The molecule has 1 unspecified atom stereocenters. The highest BCUT2D eigenvalue weighted by Crippen LogP contribution is 2.27. The van der Waals surface area contributed by atoms with Crippen LogP contribution in [0.25, 0.3) is 10.9 Å². The molecule has 0 saturated carbocycles. The van der Waals surface area contributed by atoms with Crippen molar-refractivity contribution in [1.29, 1.82) is 0 Å². The van der Waals surface area contributed by atoms with E-state index in [9.17, 15) is 0 Å². The third-order valence-corrected chi connectivity index (χ3v) is 4.17. The fourth-order valence-corrected chi connectivity index (χ4v) is 3.15. The number of aryl methyl sites for hydroxylation is 2. The van der Waals surface area contributed by atoms with E-state index < -0.39 is 0 Å². The molecule has 1 aromatic heterocycles. The molecule has 0 radical (unpaired) electrons. The molecule has 2 aromatic rings. The molecule has 1 aliphatic rings. The topological polar surface area (TPSA) is 27.8 Å². The molecule has 1 aliphatic heterocycles. The maximum absolute atomic E-state index is 3.54. The van der Waals surface area contributed by atoms with Gasteiger partial charge >= 0.3 is 0 Å². The van der Waals surface area contributed by atoms with Crippen molar-refractivity contribution in [3.63, 3.8) is 0 Å². The number of hydrogen-bond acceptors (Lipinski definition) is 1. The molecule has 1 saturated heterocycles. The molecule has 0 aliphatic carbocycles. The normalized spacial score (nSPS) is 20.4. The Kier molecular flexibility index (Phi) is 3.13. The van der Waals surface area contributed by atoms with Gasteiger partial charge in [-0.05, 0) is 69.3 Å². The number of nitrogens with one attached hydrogen (secondary N) is 2. The van der Waals surface area contributed by atoms with E-state index in [1.807, 2.05) is 0 Å². The third-order valence-electron chi connectivity index (χ3n) is 4.17. The summed E-state index contributed by atoms with van der Waals surface area (Å²) < 4.78 is 0. The lowest BCUT2D eigenvalue weighted by Crippen LogP contribution is -2.30. The maximum atomic E-state index is 3.54. The summed E-state index contributed by atoms with van der Waals surface area (Å²) in [6.07, 6.45) is 3.90. The van der Waals surface area contributed by atoms with E-state index in [2.05, 4.69) is 42.3 Å².